The number of esters is 4. The molecule has 0 saturated carbocycles. The molecule has 5 atom stereocenters. The zero-order valence-corrected chi connectivity index (χ0v) is 65.5. The minimum Gasteiger partial charge on any atom is -0.462 e. The lowest BCUT2D eigenvalue weighted by atomic mass is 10.0. The highest BCUT2D eigenvalue weighted by Gasteiger charge is 2.30. The summed E-state index contributed by atoms with van der Waals surface area (Å²) in [5.74, 6) is 0.910. The van der Waals surface area contributed by atoms with Crippen molar-refractivity contribution in [3.8, 4) is 0 Å². The minimum atomic E-state index is -4.96. The summed E-state index contributed by atoms with van der Waals surface area (Å²) in [6.07, 6.45) is 52.9. The summed E-state index contributed by atoms with van der Waals surface area (Å²) in [5.41, 5.74) is 0. The monoisotopic (exact) mass is 1420 g/mol. The van der Waals surface area contributed by atoms with Crippen LogP contribution in [0.3, 0.4) is 0 Å². The van der Waals surface area contributed by atoms with E-state index in [2.05, 4.69) is 55.4 Å². The molecule has 0 amide bonds. The summed E-state index contributed by atoms with van der Waals surface area (Å²) >= 11 is 0. The van der Waals surface area contributed by atoms with Crippen LogP contribution in [0, 0.1) is 23.7 Å². The van der Waals surface area contributed by atoms with Crippen molar-refractivity contribution in [2.45, 2.75) is 414 Å². The lowest BCUT2D eigenvalue weighted by Crippen LogP contribution is -2.30. The molecule has 0 saturated heterocycles. The first-order valence-electron chi connectivity index (χ1n) is 40.2. The molecule has 97 heavy (non-hydrogen) atoms. The number of carbonyl (C=O) groups is 4. The molecular formula is C78H152O17P2. The zero-order chi connectivity index (χ0) is 71.7. The van der Waals surface area contributed by atoms with Gasteiger partial charge in [-0.25, -0.2) is 9.13 Å². The van der Waals surface area contributed by atoms with Crippen LogP contribution in [0.2, 0.25) is 0 Å². The van der Waals surface area contributed by atoms with Gasteiger partial charge in [0.15, 0.2) is 12.2 Å². The van der Waals surface area contributed by atoms with Crippen molar-refractivity contribution in [3.05, 3.63) is 0 Å². The van der Waals surface area contributed by atoms with Gasteiger partial charge in [0.1, 0.15) is 19.3 Å². The molecule has 0 rings (SSSR count). The summed E-state index contributed by atoms with van der Waals surface area (Å²) in [4.78, 5) is 72.8. The van der Waals surface area contributed by atoms with Crippen molar-refractivity contribution < 1.29 is 80.2 Å². The molecule has 0 fully saturated rings. The van der Waals surface area contributed by atoms with Crippen molar-refractivity contribution >= 4 is 39.5 Å². The SMILES string of the molecule is CC(C)CCCCCCCCCCCCCCCCCCC(=O)O[C@H](COC(=O)CCCCCCCCCCCCCCCCC(C)C)COP(=O)(O)OCC(O)COP(=O)(O)OC[C@@H](COC(=O)CCCCCCCCCCC(C)C)OC(=O)CCCCCCCCCC(C)C. The molecule has 0 heterocycles. The molecule has 17 nitrogen and oxygen atoms in total. The Balaban J connectivity index is 5.22. The minimum absolute atomic E-state index is 0.103. The Bertz CT molecular complexity index is 1900. The van der Waals surface area contributed by atoms with E-state index in [0.29, 0.717) is 31.6 Å². The molecule has 0 radical (unpaired) electrons. The number of aliphatic hydroxyl groups is 1. The fourth-order valence-electron chi connectivity index (χ4n) is 11.9. The number of rotatable bonds is 75. The van der Waals surface area contributed by atoms with Crippen LogP contribution in [-0.4, -0.2) is 96.7 Å². The Labute approximate surface area is 594 Å². The summed E-state index contributed by atoms with van der Waals surface area (Å²) in [5, 5.41) is 10.6. The highest BCUT2D eigenvalue weighted by Crippen LogP contribution is 2.45. The van der Waals surface area contributed by atoms with Gasteiger partial charge in [0.2, 0.25) is 0 Å². The smallest absolute Gasteiger partial charge is 0.462 e. The first-order chi connectivity index (χ1) is 46.6. The lowest BCUT2D eigenvalue weighted by Gasteiger charge is -2.21. The van der Waals surface area contributed by atoms with E-state index >= 15 is 0 Å². The van der Waals surface area contributed by atoms with Crippen molar-refractivity contribution in [2.24, 2.45) is 23.7 Å². The maximum Gasteiger partial charge on any atom is 0.472 e. The van der Waals surface area contributed by atoms with Crippen LogP contribution in [-0.2, 0) is 65.4 Å². The quantitative estimate of drug-likeness (QED) is 0.0222. The highest BCUT2D eigenvalue weighted by atomic mass is 31.2. The van der Waals surface area contributed by atoms with Crippen molar-refractivity contribution in [1.82, 2.24) is 0 Å². The molecule has 576 valence electrons. The van der Waals surface area contributed by atoms with Gasteiger partial charge in [-0.3, -0.25) is 37.3 Å². The Hall–Kier alpha value is -1.94. The zero-order valence-electron chi connectivity index (χ0n) is 63.7. The molecule has 0 bridgehead atoms. The van der Waals surface area contributed by atoms with E-state index in [9.17, 15) is 43.2 Å². The van der Waals surface area contributed by atoms with Crippen molar-refractivity contribution in [1.29, 1.82) is 0 Å². The first-order valence-corrected chi connectivity index (χ1v) is 43.2. The molecule has 0 aromatic heterocycles. The Morgan fingerprint density at radius 3 is 0.639 bits per heavy atom. The maximum absolute atomic E-state index is 13.1. The summed E-state index contributed by atoms with van der Waals surface area (Å²) in [7, 11) is -9.91. The van der Waals surface area contributed by atoms with Gasteiger partial charge in [-0.1, -0.05) is 344 Å². The molecular weight excluding hydrogens is 1270 g/mol. The molecule has 3 unspecified atom stereocenters. The van der Waals surface area contributed by atoms with Crippen LogP contribution in [0.25, 0.3) is 0 Å². The van der Waals surface area contributed by atoms with E-state index in [0.717, 1.165) is 108 Å². The Morgan fingerprint density at radius 2 is 0.433 bits per heavy atom. The number of carbonyl (C=O) groups excluding carboxylic acids is 4. The summed E-state index contributed by atoms with van der Waals surface area (Å²) in [6, 6.07) is 0. The van der Waals surface area contributed by atoms with Crippen LogP contribution < -0.4 is 0 Å². The molecule has 0 aromatic carbocycles. The number of ether oxygens (including phenoxy) is 4. The van der Waals surface area contributed by atoms with Crippen LogP contribution in [0.15, 0.2) is 0 Å². The third kappa shape index (κ3) is 72.2. The van der Waals surface area contributed by atoms with Gasteiger partial charge < -0.3 is 33.8 Å². The van der Waals surface area contributed by atoms with E-state index in [1.807, 2.05) is 0 Å². The number of phosphoric acid groups is 2. The van der Waals surface area contributed by atoms with Crippen LogP contribution in [0.4, 0.5) is 0 Å². The van der Waals surface area contributed by atoms with Crippen LogP contribution in [0.1, 0.15) is 396 Å². The normalized spacial score (nSPS) is 14.1. The number of aliphatic hydroxyl groups excluding tert-OH is 1. The fraction of sp³-hybridized carbons (Fsp3) is 0.949. The standard InChI is InChI=1S/C78H152O17P2/c1-68(2)54-46-38-30-23-19-15-11-9-10-12-18-22-26-36-44-52-60-77(82)94-73(64-88-75(80)58-50-42-34-25-21-17-14-13-16-20-24-31-39-47-55-69(3)4)66-92-96(84,85)90-62-72(79)63-91-97(86,87)93-67-74(95-78(83)61-53-45-37-29-33-41-49-57-71(7)8)65-89-76(81)59-51-43-35-28-27-32-40-48-56-70(5)6/h68-74,79H,9-67H2,1-8H3,(H,84,85)(H,86,87)/t72?,73-,74-/m1/s1. The van der Waals surface area contributed by atoms with Crippen molar-refractivity contribution in [3.63, 3.8) is 0 Å². The van der Waals surface area contributed by atoms with Crippen LogP contribution in [0.5, 0.6) is 0 Å². The summed E-state index contributed by atoms with van der Waals surface area (Å²) in [6.45, 7) is 14.2. The second kappa shape index (κ2) is 67.2. The molecule has 0 spiro atoms. The summed E-state index contributed by atoms with van der Waals surface area (Å²) < 4.78 is 68.6. The van der Waals surface area contributed by atoms with Gasteiger partial charge in [-0.05, 0) is 49.4 Å². The van der Waals surface area contributed by atoms with Gasteiger partial charge >= 0.3 is 39.5 Å². The van der Waals surface area contributed by atoms with Crippen LogP contribution >= 0.6 is 15.6 Å². The fourth-order valence-corrected chi connectivity index (χ4v) is 13.5. The molecule has 0 aromatic rings. The molecule has 0 aliphatic heterocycles. The predicted molar refractivity (Wildman–Crippen MR) is 395 cm³/mol. The van der Waals surface area contributed by atoms with Gasteiger partial charge in [-0.2, -0.15) is 0 Å². The largest absolute Gasteiger partial charge is 0.472 e. The number of unbranched alkanes of at least 4 members (excludes halogenated alkanes) is 41. The second-order valence-electron chi connectivity index (χ2n) is 30.0. The third-order valence-corrected chi connectivity index (χ3v) is 20.0. The third-order valence-electron chi connectivity index (χ3n) is 18.1. The van der Waals surface area contributed by atoms with Gasteiger partial charge in [0.05, 0.1) is 26.4 Å². The number of hydrogen-bond donors (Lipinski definition) is 3. The van der Waals surface area contributed by atoms with Crippen molar-refractivity contribution in [2.75, 3.05) is 39.6 Å². The van der Waals surface area contributed by atoms with Gasteiger partial charge in [0.25, 0.3) is 0 Å². The molecule has 0 aliphatic carbocycles. The number of phosphoric ester groups is 2. The van der Waals surface area contributed by atoms with E-state index in [-0.39, 0.29) is 25.7 Å². The Kier molecular flexibility index (Phi) is 65.9. The molecule has 3 N–H and O–H groups in total. The van der Waals surface area contributed by atoms with Gasteiger partial charge in [-0.15, -0.1) is 0 Å². The first kappa shape index (κ1) is 95.1. The van der Waals surface area contributed by atoms with E-state index in [1.165, 1.54) is 199 Å². The highest BCUT2D eigenvalue weighted by molar-refractivity contribution is 7.47. The van der Waals surface area contributed by atoms with E-state index in [1.54, 1.807) is 0 Å². The number of hydrogen-bond acceptors (Lipinski definition) is 15. The Morgan fingerprint density at radius 1 is 0.258 bits per heavy atom. The topological polar surface area (TPSA) is 237 Å². The maximum atomic E-state index is 13.1. The van der Waals surface area contributed by atoms with E-state index in [4.69, 9.17) is 37.0 Å². The van der Waals surface area contributed by atoms with E-state index < -0.39 is 97.5 Å². The lowest BCUT2D eigenvalue weighted by molar-refractivity contribution is -0.161. The average molecular weight is 1420 g/mol. The predicted octanol–water partition coefficient (Wildman–Crippen LogP) is 22.8. The second-order valence-corrected chi connectivity index (χ2v) is 32.9. The molecule has 19 heteroatoms. The molecule has 0 aliphatic rings. The van der Waals surface area contributed by atoms with Gasteiger partial charge in [0, 0.05) is 25.7 Å². The average Bonchev–Trinajstić information content (AvgIpc) is 1.29.